The molecule has 0 bridgehead atoms. The zero-order valence-electron chi connectivity index (χ0n) is 18.3. The zero-order chi connectivity index (χ0) is 22.7. The molecule has 6 nitrogen and oxygen atoms in total. The van der Waals surface area contributed by atoms with Crippen molar-refractivity contribution < 1.29 is 14.3 Å². The minimum atomic E-state index is -0.323. The number of carbonyl (C=O) groups is 2. The molecule has 1 amide bonds. The van der Waals surface area contributed by atoms with E-state index in [1.54, 1.807) is 0 Å². The van der Waals surface area contributed by atoms with E-state index in [0.29, 0.717) is 10.7 Å². The molecule has 0 atom stereocenters. The van der Waals surface area contributed by atoms with Gasteiger partial charge in [0.1, 0.15) is 18.2 Å². The van der Waals surface area contributed by atoms with Crippen LogP contribution in [-0.2, 0) is 33.9 Å². The number of fused-ring (bicyclic) bond motifs is 1. The summed E-state index contributed by atoms with van der Waals surface area (Å²) in [4.78, 5) is 29.2. The van der Waals surface area contributed by atoms with Crippen LogP contribution in [0.15, 0.2) is 53.9 Å². The van der Waals surface area contributed by atoms with Crippen molar-refractivity contribution in [2.24, 2.45) is 0 Å². The Bertz CT molecular complexity index is 1290. The van der Waals surface area contributed by atoms with E-state index < -0.39 is 0 Å². The number of nitrogens with zero attached hydrogens (tertiary/aromatic N) is 2. The number of rotatable bonds is 7. The number of carbonyl (C=O) groups excluding carboxylic acids is 2. The van der Waals surface area contributed by atoms with Gasteiger partial charge in [-0.3, -0.25) is 9.59 Å². The van der Waals surface area contributed by atoms with Gasteiger partial charge in [0.05, 0.1) is 12.1 Å². The largest absolute Gasteiger partial charge is 0.458 e. The highest BCUT2D eigenvalue weighted by Crippen LogP contribution is 2.20. The molecule has 0 aliphatic rings. The number of para-hydroxylation sites is 1. The van der Waals surface area contributed by atoms with Gasteiger partial charge in [0.15, 0.2) is 0 Å². The van der Waals surface area contributed by atoms with Gasteiger partial charge in [-0.15, -0.1) is 11.3 Å². The second-order valence-electron chi connectivity index (χ2n) is 7.87. The molecular formula is C25H25N3O3S. The number of aryl methyl sites for hydroxylation is 3. The SMILES string of the molecule is Cc1ccc(C)c(NC(=O)Cc2nc(COC(=O)Cn3c(C)cc4ccccc43)cs2)c1. The van der Waals surface area contributed by atoms with Crippen LogP contribution in [0.1, 0.15) is 27.5 Å². The topological polar surface area (TPSA) is 73.2 Å². The van der Waals surface area contributed by atoms with Crippen molar-refractivity contribution in [3.8, 4) is 0 Å². The molecule has 32 heavy (non-hydrogen) atoms. The smallest absolute Gasteiger partial charge is 0.326 e. The summed E-state index contributed by atoms with van der Waals surface area (Å²) in [6.45, 7) is 6.16. The highest BCUT2D eigenvalue weighted by Gasteiger charge is 2.13. The molecule has 7 heteroatoms. The van der Waals surface area contributed by atoms with Crippen molar-refractivity contribution in [3.05, 3.63) is 81.4 Å². The number of benzene rings is 2. The fraction of sp³-hybridized carbons (Fsp3) is 0.240. The molecule has 164 valence electrons. The minimum absolute atomic E-state index is 0.0895. The van der Waals surface area contributed by atoms with Crippen molar-refractivity contribution in [1.82, 2.24) is 9.55 Å². The third-order valence-electron chi connectivity index (χ3n) is 5.26. The lowest BCUT2D eigenvalue weighted by Crippen LogP contribution is -2.15. The highest BCUT2D eigenvalue weighted by atomic mass is 32.1. The number of nitrogens with one attached hydrogen (secondary N) is 1. The number of ether oxygens (including phenoxy) is 1. The fourth-order valence-corrected chi connectivity index (χ4v) is 4.36. The summed E-state index contributed by atoms with van der Waals surface area (Å²) in [5, 5.41) is 6.55. The van der Waals surface area contributed by atoms with Crippen LogP contribution in [0.2, 0.25) is 0 Å². The Morgan fingerprint density at radius 3 is 2.75 bits per heavy atom. The average Bonchev–Trinajstić information content (AvgIpc) is 3.33. The standard InChI is InChI=1S/C25H25N3O3S/c1-16-8-9-17(2)21(10-16)27-23(29)12-24-26-20(15-32-24)14-31-25(30)13-28-18(3)11-19-6-4-5-7-22(19)28/h4-11,15H,12-14H2,1-3H3,(H,27,29). The van der Waals surface area contributed by atoms with Gasteiger partial charge in [0, 0.05) is 22.3 Å². The fourth-order valence-electron chi connectivity index (χ4n) is 3.59. The molecule has 0 fully saturated rings. The van der Waals surface area contributed by atoms with Gasteiger partial charge in [-0.2, -0.15) is 0 Å². The molecule has 2 aromatic carbocycles. The normalized spacial score (nSPS) is 11.0. The summed E-state index contributed by atoms with van der Waals surface area (Å²) >= 11 is 1.39. The van der Waals surface area contributed by atoms with Crippen molar-refractivity contribution in [2.75, 3.05) is 5.32 Å². The van der Waals surface area contributed by atoms with Crippen LogP contribution >= 0.6 is 11.3 Å². The van der Waals surface area contributed by atoms with E-state index in [4.69, 9.17) is 4.74 Å². The van der Waals surface area contributed by atoms with Crippen LogP contribution in [0.25, 0.3) is 10.9 Å². The summed E-state index contributed by atoms with van der Waals surface area (Å²) in [7, 11) is 0. The van der Waals surface area contributed by atoms with E-state index in [2.05, 4.69) is 16.4 Å². The lowest BCUT2D eigenvalue weighted by atomic mass is 10.1. The summed E-state index contributed by atoms with van der Waals surface area (Å²) in [5.74, 6) is -0.441. The molecule has 0 spiro atoms. The summed E-state index contributed by atoms with van der Waals surface area (Å²) in [6.07, 6.45) is 0.181. The van der Waals surface area contributed by atoms with E-state index in [0.717, 1.165) is 33.4 Å². The lowest BCUT2D eigenvalue weighted by Gasteiger charge is -2.08. The molecule has 2 aromatic heterocycles. The Morgan fingerprint density at radius 1 is 1.09 bits per heavy atom. The molecule has 0 aliphatic carbocycles. The average molecular weight is 448 g/mol. The Morgan fingerprint density at radius 2 is 1.91 bits per heavy atom. The monoisotopic (exact) mass is 447 g/mol. The second-order valence-corrected chi connectivity index (χ2v) is 8.81. The second kappa shape index (κ2) is 9.36. The number of esters is 1. The highest BCUT2D eigenvalue weighted by molar-refractivity contribution is 7.09. The predicted octanol–water partition coefficient (Wildman–Crippen LogP) is 4.95. The summed E-state index contributed by atoms with van der Waals surface area (Å²) in [5.41, 5.74) is 5.58. The maximum Gasteiger partial charge on any atom is 0.326 e. The molecule has 4 rings (SSSR count). The molecule has 0 unspecified atom stereocenters. The predicted molar refractivity (Wildman–Crippen MR) is 127 cm³/mol. The van der Waals surface area contributed by atoms with E-state index in [1.807, 2.05) is 73.2 Å². The first-order valence-electron chi connectivity index (χ1n) is 10.4. The molecule has 0 aliphatic heterocycles. The molecule has 0 saturated heterocycles. The van der Waals surface area contributed by atoms with Gasteiger partial charge < -0.3 is 14.6 Å². The first-order chi connectivity index (χ1) is 15.4. The summed E-state index contributed by atoms with van der Waals surface area (Å²) in [6, 6.07) is 16.0. The van der Waals surface area contributed by atoms with Crippen LogP contribution in [0.4, 0.5) is 5.69 Å². The molecule has 4 aromatic rings. The van der Waals surface area contributed by atoms with Crippen molar-refractivity contribution in [2.45, 2.75) is 40.3 Å². The van der Waals surface area contributed by atoms with E-state index >= 15 is 0 Å². The van der Waals surface area contributed by atoms with E-state index in [9.17, 15) is 9.59 Å². The Hall–Kier alpha value is -3.45. The zero-order valence-corrected chi connectivity index (χ0v) is 19.2. The Kier molecular flexibility index (Phi) is 6.37. The van der Waals surface area contributed by atoms with Crippen LogP contribution < -0.4 is 5.32 Å². The van der Waals surface area contributed by atoms with Crippen LogP contribution in [-0.4, -0.2) is 21.4 Å². The van der Waals surface area contributed by atoms with Crippen molar-refractivity contribution in [1.29, 1.82) is 0 Å². The van der Waals surface area contributed by atoms with Crippen LogP contribution in [0.5, 0.6) is 0 Å². The number of hydrogen-bond acceptors (Lipinski definition) is 5. The first-order valence-corrected chi connectivity index (χ1v) is 11.3. The third kappa shape index (κ3) is 5.06. The van der Waals surface area contributed by atoms with Gasteiger partial charge in [0.2, 0.25) is 5.91 Å². The number of thiazole rings is 1. The minimum Gasteiger partial charge on any atom is -0.458 e. The molecule has 0 radical (unpaired) electrons. The summed E-state index contributed by atoms with van der Waals surface area (Å²) < 4.78 is 7.38. The number of amides is 1. The van der Waals surface area contributed by atoms with Crippen LogP contribution in [0.3, 0.4) is 0 Å². The number of hydrogen-bond donors (Lipinski definition) is 1. The van der Waals surface area contributed by atoms with Crippen molar-refractivity contribution >= 4 is 39.8 Å². The Labute approximate surface area is 190 Å². The quantitative estimate of drug-likeness (QED) is 0.407. The third-order valence-corrected chi connectivity index (χ3v) is 6.16. The molecule has 0 saturated carbocycles. The van der Waals surface area contributed by atoms with E-state index in [1.165, 1.54) is 11.3 Å². The Balaban J connectivity index is 1.31. The molecule has 2 heterocycles. The van der Waals surface area contributed by atoms with Crippen molar-refractivity contribution in [3.63, 3.8) is 0 Å². The number of aromatic nitrogens is 2. The lowest BCUT2D eigenvalue weighted by molar-refractivity contribution is -0.145. The van der Waals surface area contributed by atoms with Gasteiger partial charge in [-0.25, -0.2) is 4.98 Å². The van der Waals surface area contributed by atoms with Gasteiger partial charge in [0.25, 0.3) is 0 Å². The van der Waals surface area contributed by atoms with Gasteiger partial charge in [-0.1, -0.05) is 30.3 Å². The molecular weight excluding hydrogens is 422 g/mol. The van der Waals surface area contributed by atoms with Crippen LogP contribution in [0, 0.1) is 20.8 Å². The van der Waals surface area contributed by atoms with E-state index in [-0.39, 0.29) is 31.4 Å². The van der Waals surface area contributed by atoms with Gasteiger partial charge in [-0.05, 0) is 55.5 Å². The maximum atomic E-state index is 12.4. The van der Waals surface area contributed by atoms with Gasteiger partial charge >= 0.3 is 5.97 Å². The maximum absolute atomic E-state index is 12.4. The molecule has 1 N–H and O–H groups in total. The first kappa shape index (κ1) is 21.8. The number of anilines is 1.